The van der Waals surface area contributed by atoms with Crippen molar-refractivity contribution in [2.75, 3.05) is 11.9 Å². The van der Waals surface area contributed by atoms with Crippen molar-refractivity contribution < 1.29 is 18.0 Å². The summed E-state index contributed by atoms with van der Waals surface area (Å²) in [5.41, 5.74) is 1.99. The first-order valence-corrected chi connectivity index (χ1v) is 12.2. The number of rotatable bonds is 7. The van der Waals surface area contributed by atoms with Gasteiger partial charge in [0.2, 0.25) is 15.6 Å². The Morgan fingerprint density at radius 2 is 1.63 bits per heavy atom. The molecule has 0 radical (unpaired) electrons. The van der Waals surface area contributed by atoms with Crippen LogP contribution >= 0.6 is 0 Å². The molecule has 0 aliphatic heterocycles. The van der Waals surface area contributed by atoms with E-state index in [0.29, 0.717) is 35.1 Å². The number of para-hydroxylation sites is 1. The summed E-state index contributed by atoms with van der Waals surface area (Å²) in [6.07, 6.45) is 0.489. The molecule has 0 aliphatic rings. The molecule has 0 aliphatic carbocycles. The van der Waals surface area contributed by atoms with Gasteiger partial charge < -0.3 is 15.6 Å². The van der Waals surface area contributed by atoms with Gasteiger partial charge in [0, 0.05) is 34.8 Å². The van der Waals surface area contributed by atoms with Gasteiger partial charge in [0.1, 0.15) is 0 Å². The maximum Gasteiger partial charge on any atom is 0.256 e. The van der Waals surface area contributed by atoms with Crippen LogP contribution in [0.2, 0.25) is 0 Å². The second kappa shape index (κ2) is 9.92. The summed E-state index contributed by atoms with van der Waals surface area (Å²) >= 11 is 0. The highest BCUT2D eigenvalue weighted by molar-refractivity contribution is 7.89. The second-order valence-corrected chi connectivity index (χ2v) is 9.38. The first kappa shape index (κ1) is 23.9. The van der Waals surface area contributed by atoms with Crippen LogP contribution in [-0.2, 0) is 16.4 Å². The molecule has 1 heterocycles. The standard InChI is InChI=1S/C25H22N4O5S/c26-35(33,34)19-10-8-16(9-11-19)12-13-27-24(31)17-4-3-5-18(14-17)28-25(32)21-15-23(30)29-22-7-2-1-6-20(21)22/h1-11,14-15H,12-13H2,(H,27,31)(H,28,32)(H,29,30)(H2,26,33,34). The van der Waals surface area contributed by atoms with Crippen LogP contribution in [0, 0.1) is 0 Å². The predicted molar refractivity (Wildman–Crippen MR) is 133 cm³/mol. The molecule has 0 unspecified atom stereocenters. The van der Waals surface area contributed by atoms with Crippen LogP contribution in [0.15, 0.2) is 88.6 Å². The number of primary sulfonamides is 1. The lowest BCUT2D eigenvalue weighted by molar-refractivity contribution is 0.0952. The van der Waals surface area contributed by atoms with Gasteiger partial charge in [-0.2, -0.15) is 0 Å². The molecule has 0 atom stereocenters. The highest BCUT2D eigenvalue weighted by atomic mass is 32.2. The lowest BCUT2D eigenvalue weighted by Gasteiger charge is -2.10. The van der Waals surface area contributed by atoms with Crippen molar-refractivity contribution in [1.29, 1.82) is 0 Å². The first-order valence-electron chi connectivity index (χ1n) is 10.6. The monoisotopic (exact) mass is 490 g/mol. The molecule has 4 aromatic rings. The Hall–Kier alpha value is -4.28. The third-order valence-corrected chi connectivity index (χ3v) is 6.26. The number of hydrogen-bond donors (Lipinski definition) is 4. The van der Waals surface area contributed by atoms with E-state index < -0.39 is 15.9 Å². The van der Waals surface area contributed by atoms with Gasteiger partial charge in [0.15, 0.2) is 0 Å². The zero-order valence-corrected chi connectivity index (χ0v) is 19.3. The van der Waals surface area contributed by atoms with E-state index in [2.05, 4.69) is 15.6 Å². The van der Waals surface area contributed by atoms with Crippen LogP contribution in [0.25, 0.3) is 10.9 Å². The van der Waals surface area contributed by atoms with E-state index in [1.807, 2.05) is 0 Å². The molecule has 0 bridgehead atoms. The molecule has 9 nitrogen and oxygen atoms in total. The smallest absolute Gasteiger partial charge is 0.256 e. The molecule has 0 saturated carbocycles. The van der Waals surface area contributed by atoms with Gasteiger partial charge in [-0.1, -0.05) is 36.4 Å². The Bertz CT molecular complexity index is 1580. The quantitative estimate of drug-likeness (QED) is 0.314. The molecule has 178 valence electrons. The molecule has 3 aromatic carbocycles. The lowest BCUT2D eigenvalue weighted by Crippen LogP contribution is -2.26. The summed E-state index contributed by atoms with van der Waals surface area (Å²) in [5, 5.41) is 11.2. The summed E-state index contributed by atoms with van der Waals surface area (Å²) in [5.74, 6) is -0.795. The minimum atomic E-state index is -3.75. The van der Waals surface area contributed by atoms with Crippen molar-refractivity contribution in [3.8, 4) is 0 Å². The van der Waals surface area contributed by atoms with Crippen molar-refractivity contribution in [3.63, 3.8) is 0 Å². The Morgan fingerprint density at radius 3 is 2.37 bits per heavy atom. The van der Waals surface area contributed by atoms with E-state index in [0.717, 1.165) is 5.56 Å². The molecule has 0 spiro atoms. The fraction of sp³-hybridized carbons (Fsp3) is 0.0800. The largest absolute Gasteiger partial charge is 0.352 e. The van der Waals surface area contributed by atoms with Gasteiger partial charge in [-0.3, -0.25) is 14.4 Å². The van der Waals surface area contributed by atoms with Crippen molar-refractivity contribution >= 4 is 38.4 Å². The summed E-state index contributed by atoms with van der Waals surface area (Å²) in [6, 6.07) is 20.8. The van der Waals surface area contributed by atoms with E-state index in [9.17, 15) is 22.8 Å². The number of aromatic amines is 1. The van der Waals surface area contributed by atoms with Crippen molar-refractivity contribution in [2.45, 2.75) is 11.3 Å². The SMILES string of the molecule is NS(=O)(=O)c1ccc(CCNC(=O)c2cccc(NC(=O)c3cc(=O)[nH]c4ccccc34)c2)cc1. The number of carbonyl (C=O) groups is 2. The molecular weight excluding hydrogens is 468 g/mol. The zero-order valence-electron chi connectivity index (χ0n) is 18.4. The summed E-state index contributed by atoms with van der Waals surface area (Å²) in [4.78, 5) is 40.1. The number of nitrogens with one attached hydrogen (secondary N) is 3. The molecule has 0 saturated heterocycles. The number of pyridine rings is 1. The molecule has 10 heteroatoms. The molecule has 2 amide bonds. The van der Waals surface area contributed by atoms with Gasteiger partial charge in [-0.25, -0.2) is 13.6 Å². The van der Waals surface area contributed by atoms with Gasteiger partial charge in [-0.15, -0.1) is 0 Å². The number of benzene rings is 3. The van der Waals surface area contributed by atoms with E-state index in [4.69, 9.17) is 5.14 Å². The highest BCUT2D eigenvalue weighted by Crippen LogP contribution is 2.18. The van der Waals surface area contributed by atoms with Gasteiger partial charge in [-0.05, 0) is 48.4 Å². The summed E-state index contributed by atoms with van der Waals surface area (Å²) in [7, 11) is -3.75. The minimum Gasteiger partial charge on any atom is -0.352 e. The molecule has 4 rings (SSSR count). The van der Waals surface area contributed by atoms with Crippen molar-refractivity contribution in [2.24, 2.45) is 5.14 Å². The number of hydrogen-bond acceptors (Lipinski definition) is 5. The van der Waals surface area contributed by atoms with E-state index in [1.165, 1.54) is 18.2 Å². The Balaban J connectivity index is 1.40. The molecule has 5 N–H and O–H groups in total. The maximum absolute atomic E-state index is 12.9. The van der Waals surface area contributed by atoms with Crippen molar-refractivity contribution in [1.82, 2.24) is 10.3 Å². The normalized spacial score (nSPS) is 11.2. The Morgan fingerprint density at radius 1 is 0.886 bits per heavy atom. The predicted octanol–water partition coefficient (Wildman–Crippen LogP) is 2.40. The van der Waals surface area contributed by atoms with E-state index in [-0.39, 0.29) is 21.9 Å². The number of fused-ring (bicyclic) bond motifs is 1. The number of H-pyrrole nitrogens is 1. The third kappa shape index (κ3) is 5.81. The van der Waals surface area contributed by atoms with Crippen LogP contribution in [0.5, 0.6) is 0 Å². The van der Waals surface area contributed by atoms with Crippen LogP contribution < -0.4 is 21.3 Å². The second-order valence-electron chi connectivity index (χ2n) is 7.82. The van der Waals surface area contributed by atoms with Crippen LogP contribution in [0.1, 0.15) is 26.3 Å². The number of nitrogens with two attached hydrogens (primary N) is 1. The topological polar surface area (TPSA) is 151 Å². The number of anilines is 1. The molecule has 1 aromatic heterocycles. The highest BCUT2D eigenvalue weighted by Gasteiger charge is 2.13. The first-order chi connectivity index (χ1) is 16.7. The number of amides is 2. The summed E-state index contributed by atoms with van der Waals surface area (Å²) < 4.78 is 22.7. The van der Waals surface area contributed by atoms with Crippen LogP contribution in [0.4, 0.5) is 5.69 Å². The van der Waals surface area contributed by atoms with Gasteiger partial charge in [0.05, 0.1) is 10.5 Å². The molecule has 0 fully saturated rings. The van der Waals surface area contributed by atoms with Gasteiger partial charge >= 0.3 is 0 Å². The average molecular weight is 491 g/mol. The molecular formula is C25H22N4O5S. The maximum atomic E-state index is 12.9. The van der Waals surface area contributed by atoms with Gasteiger partial charge in [0.25, 0.3) is 11.8 Å². The Kier molecular flexibility index (Phi) is 6.76. The minimum absolute atomic E-state index is 0.0252. The molecule has 35 heavy (non-hydrogen) atoms. The van der Waals surface area contributed by atoms with E-state index in [1.54, 1.807) is 60.7 Å². The number of aromatic nitrogens is 1. The lowest BCUT2D eigenvalue weighted by atomic mass is 10.1. The fourth-order valence-electron chi connectivity index (χ4n) is 3.60. The number of sulfonamides is 1. The van der Waals surface area contributed by atoms with Crippen LogP contribution in [0.3, 0.4) is 0 Å². The van der Waals surface area contributed by atoms with Crippen molar-refractivity contribution in [3.05, 3.63) is 106 Å². The average Bonchev–Trinajstić information content (AvgIpc) is 2.83. The van der Waals surface area contributed by atoms with Crippen LogP contribution in [-0.4, -0.2) is 31.8 Å². The fourth-order valence-corrected chi connectivity index (χ4v) is 4.11. The zero-order chi connectivity index (χ0) is 25.0. The number of carbonyl (C=O) groups excluding carboxylic acids is 2. The van der Waals surface area contributed by atoms with E-state index >= 15 is 0 Å². The third-order valence-electron chi connectivity index (χ3n) is 5.33. The summed E-state index contributed by atoms with van der Waals surface area (Å²) in [6.45, 7) is 0.322. The Labute approximate surface area is 201 Å².